The summed E-state index contributed by atoms with van der Waals surface area (Å²) in [5, 5.41) is 6.00. The lowest BCUT2D eigenvalue weighted by atomic mass is 10.1. The molecule has 0 bridgehead atoms. The number of methoxy groups -OCH3 is 1. The van der Waals surface area contributed by atoms with Crippen molar-refractivity contribution in [1.29, 1.82) is 0 Å². The van der Waals surface area contributed by atoms with Crippen LogP contribution in [0.5, 0.6) is 5.75 Å². The first kappa shape index (κ1) is 15.8. The molecule has 0 saturated carbocycles. The van der Waals surface area contributed by atoms with Crippen LogP contribution in [0.1, 0.15) is 25.7 Å². The van der Waals surface area contributed by atoms with Crippen LogP contribution in [0, 0.1) is 0 Å². The molecule has 1 amide bonds. The van der Waals surface area contributed by atoms with Crippen molar-refractivity contribution in [2.75, 3.05) is 32.1 Å². The minimum Gasteiger partial charge on any atom is -0.497 e. The van der Waals surface area contributed by atoms with Crippen LogP contribution in [0.25, 0.3) is 0 Å². The fraction of sp³-hybridized carbons (Fsp3) is 0.562. The first-order chi connectivity index (χ1) is 10.3. The highest BCUT2D eigenvalue weighted by Gasteiger charge is 2.13. The van der Waals surface area contributed by atoms with Crippen molar-refractivity contribution in [3.63, 3.8) is 0 Å². The Balaban J connectivity index is 1.60. The number of anilines is 1. The van der Waals surface area contributed by atoms with E-state index >= 15 is 0 Å². The lowest BCUT2D eigenvalue weighted by Crippen LogP contribution is -2.31. The number of nitrogens with one attached hydrogen (secondary N) is 2. The van der Waals surface area contributed by atoms with Crippen LogP contribution in [0.15, 0.2) is 24.3 Å². The summed E-state index contributed by atoms with van der Waals surface area (Å²) in [4.78, 5) is 11.8. The molecule has 0 aromatic heterocycles. The summed E-state index contributed by atoms with van der Waals surface area (Å²) in [6, 6.07) is 7.30. The van der Waals surface area contributed by atoms with Gasteiger partial charge in [0.1, 0.15) is 5.75 Å². The molecular formula is C16H24N2O3. The van der Waals surface area contributed by atoms with E-state index in [1.807, 2.05) is 24.3 Å². The summed E-state index contributed by atoms with van der Waals surface area (Å²) in [5.41, 5.74) is 0.776. The highest BCUT2D eigenvalue weighted by Crippen LogP contribution is 2.15. The van der Waals surface area contributed by atoms with E-state index in [4.69, 9.17) is 9.47 Å². The Hall–Kier alpha value is -1.59. The van der Waals surface area contributed by atoms with Crippen LogP contribution in [-0.2, 0) is 9.53 Å². The third kappa shape index (κ3) is 5.73. The van der Waals surface area contributed by atoms with Crippen molar-refractivity contribution < 1.29 is 14.3 Å². The maximum atomic E-state index is 11.8. The summed E-state index contributed by atoms with van der Waals surface area (Å²) in [6.45, 7) is 2.00. The Morgan fingerprint density at radius 1 is 1.33 bits per heavy atom. The molecule has 2 N–H and O–H groups in total. The fourth-order valence-corrected chi connectivity index (χ4v) is 2.38. The second kappa shape index (κ2) is 8.64. The summed E-state index contributed by atoms with van der Waals surface area (Å²) >= 11 is 0. The first-order valence-corrected chi connectivity index (χ1v) is 7.54. The van der Waals surface area contributed by atoms with Crippen molar-refractivity contribution >= 4 is 11.6 Å². The third-order valence-electron chi connectivity index (χ3n) is 3.58. The van der Waals surface area contributed by atoms with E-state index in [9.17, 15) is 4.79 Å². The summed E-state index contributed by atoms with van der Waals surface area (Å²) in [5.74, 6) is 0.739. The zero-order valence-corrected chi connectivity index (χ0v) is 12.6. The van der Waals surface area contributed by atoms with E-state index in [1.165, 1.54) is 12.8 Å². The first-order valence-electron chi connectivity index (χ1n) is 7.54. The van der Waals surface area contributed by atoms with Gasteiger partial charge in [-0.1, -0.05) is 0 Å². The van der Waals surface area contributed by atoms with E-state index < -0.39 is 0 Å². The molecule has 0 spiro atoms. The normalized spacial score (nSPS) is 18.2. The number of rotatable bonds is 7. The van der Waals surface area contributed by atoms with Gasteiger partial charge in [-0.15, -0.1) is 0 Å². The van der Waals surface area contributed by atoms with Gasteiger partial charge in [-0.05, 0) is 56.5 Å². The Morgan fingerprint density at radius 3 is 2.81 bits per heavy atom. The number of amides is 1. The predicted molar refractivity (Wildman–Crippen MR) is 82.7 cm³/mol. The van der Waals surface area contributed by atoms with Crippen LogP contribution in [0.3, 0.4) is 0 Å². The number of benzene rings is 1. The van der Waals surface area contributed by atoms with Crippen LogP contribution >= 0.6 is 0 Å². The number of hydrogen-bond acceptors (Lipinski definition) is 4. The lowest BCUT2D eigenvalue weighted by Gasteiger charge is -2.22. The van der Waals surface area contributed by atoms with Crippen molar-refractivity contribution in [3.05, 3.63) is 24.3 Å². The van der Waals surface area contributed by atoms with Gasteiger partial charge in [-0.25, -0.2) is 0 Å². The molecule has 1 aliphatic rings. The molecule has 1 saturated heterocycles. The Morgan fingerprint density at radius 2 is 2.14 bits per heavy atom. The maximum Gasteiger partial charge on any atom is 0.238 e. The minimum absolute atomic E-state index is 0.0373. The number of carbonyl (C=O) groups is 1. The van der Waals surface area contributed by atoms with Gasteiger partial charge in [-0.2, -0.15) is 0 Å². The third-order valence-corrected chi connectivity index (χ3v) is 3.58. The molecule has 1 unspecified atom stereocenters. The molecule has 0 radical (unpaired) electrons. The Kier molecular flexibility index (Phi) is 6.50. The van der Waals surface area contributed by atoms with Crippen molar-refractivity contribution in [2.24, 2.45) is 0 Å². The van der Waals surface area contributed by atoms with Crippen LogP contribution in [-0.4, -0.2) is 38.8 Å². The number of ether oxygens (including phenoxy) is 2. The van der Waals surface area contributed by atoms with E-state index in [1.54, 1.807) is 7.11 Å². The Labute approximate surface area is 126 Å². The van der Waals surface area contributed by atoms with Gasteiger partial charge in [0, 0.05) is 12.3 Å². The van der Waals surface area contributed by atoms with Gasteiger partial charge < -0.3 is 20.1 Å². The highest BCUT2D eigenvalue weighted by molar-refractivity contribution is 5.92. The molecule has 1 fully saturated rings. The second-order valence-electron chi connectivity index (χ2n) is 5.23. The molecule has 2 rings (SSSR count). The van der Waals surface area contributed by atoms with E-state index in [-0.39, 0.29) is 5.91 Å². The highest BCUT2D eigenvalue weighted by atomic mass is 16.5. The average molecular weight is 292 g/mol. The SMILES string of the molecule is COc1ccc(NC(=O)CNCCC2CCCCO2)cc1. The zero-order chi connectivity index (χ0) is 14.9. The number of carbonyl (C=O) groups excluding carboxylic acids is 1. The van der Waals surface area contributed by atoms with Gasteiger partial charge in [0.2, 0.25) is 5.91 Å². The monoisotopic (exact) mass is 292 g/mol. The molecule has 21 heavy (non-hydrogen) atoms. The van der Waals surface area contributed by atoms with Gasteiger partial charge in [0.05, 0.1) is 19.8 Å². The van der Waals surface area contributed by atoms with Gasteiger partial charge >= 0.3 is 0 Å². The molecule has 5 nitrogen and oxygen atoms in total. The molecule has 0 aliphatic carbocycles. The fourth-order valence-electron chi connectivity index (χ4n) is 2.38. The van der Waals surface area contributed by atoms with Crippen LogP contribution in [0.2, 0.25) is 0 Å². The molecule has 1 aromatic rings. The van der Waals surface area contributed by atoms with E-state index in [0.29, 0.717) is 12.6 Å². The predicted octanol–water partition coefficient (Wildman–Crippen LogP) is 2.18. The standard InChI is InChI=1S/C16H24N2O3/c1-20-14-7-5-13(6-8-14)18-16(19)12-17-10-9-15-4-2-3-11-21-15/h5-8,15,17H,2-4,9-12H2,1H3,(H,18,19). The van der Waals surface area contributed by atoms with Crippen molar-refractivity contribution in [2.45, 2.75) is 31.8 Å². The molecule has 5 heteroatoms. The summed E-state index contributed by atoms with van der Waals surface area (Å²) in [7, 11) is 1.62. The largest absolute Gasteiger partial charge is 0.497 e. The summed E-state index contributed by atoms with van der Waals surface area (Å²) in [6.07, 6.45) is 4.89. The minimum atomic E-state index is -0.0373. The Bertz CT molecular complexity index is 428. The van der Waals surface area contributed by atoms with Crippen molar-refractivity contribution in [3.8, 4) is 5.75 Å². The topological polar surface area (TPSA) is 59.6 Å². The molecule has 1 heterocycles. The van der Waals surface area contributed by atoms with Crippen LogP contribution < -0.4 is 15.4 Å². The van der Waals surface area contributed by atoms with E-state index in [2.05, 4.69) is 10.6 Å². The van der Waals surface area contributed by atoms with E-state index in [0.717, 1.165) is 37.4 Å². The number of hydrogen-bond donors (Lipinski definition) is 2. The molecule has 1 atom stereocenters. The molecular weight excluding hydrogens is 268 g/mol. The second-order valence-corrected chi connectivity index (χ2v) is 5.23. The molecule has 1 aliphatic heterocycles. The molecule has 1 aromatic carbocycles. The zero-order valence-electron chi connectivity index (χ0n) is 12.6. The smallest absolute Gasteiger partial charge is 0.238 e. The quantitative estimate of drug-likeness (QED) is 0.756. The maximum absolute atomic E-state index is 11.8. The van der Waals surface area contributed by atoms with Crippen LogP contribution in [0.4, 0.5) is 5.69 Å². The molecule has 116 valence electrons. The summed E-state index contributed by atoms with van der Waals surface area (Å²) < 4.78 is 10.7. The van der Waals surface area contributed by atoms with Crippen molar-refractivity contribution in [1.82, 2.24) is 5.32 Å². The van der Waals surface area contributed by atoms with Gasteiger partial charge in [0.15, 0.2) is 0 Å². The van der Waals surface area contributed by atoms with Gasteiger partial charge in [-0.3, -0.25) is 4.79 Å². The lowest BCUT2D eigenvalue weighted by molar-refractivity contribution is -0.115. The van der Waals surface area contributed by atoms with Gasteiger partial charge in [0.25, 0.3) is 0 Å². The average Bonchev–Trinajstić information content (AvgIpc) is 2.53.